The first-order valence-electron chi connectivity index (χ1n) is 20.9. The molecule has 1 aliphatic rings. The molecule has 0 radical (unpaired) electrons. The number of aryl methyl sites for hydroxylation is 1. The van der Waals surface area contributed by atoms with E-state index in [4.69, 9.17) is 32.7 Å². The molecule has 0 spiro atoms. The fourth-order valence-electron chi connectivity index (χ4n) is 7.72. The van der Waals surface area contributed by atoms with Crippen molar-refractivity contribution in [3.8, 4) is 17.4 Å². The van der Waals surface area contributed by atoms with Crippen LogP contribution in [0.2, 0.25) is 0 Å². The van der Waals surface area contributed by atoms with Gasteiger partial charge in [0.15, 0.2) is 0 Å². The van der Waals surface area contributed by atoms with Crippen molar-refractivity contribution in [1.29, 1.82) is 0 Å². The number of benzene rings is 4. The summed E-state index contributed by atoms with van der Waals surface area (Å²) in [6, 6.07) is 32.2. The van der Waals surface area contributed by atoms with E-state index in [1.165, 1.54) is 16.7 Å². The molecule has 0 saturated carbocycles. The number of hydrogen-bond acceptors (Lipinski definition) is 12. The molecule has 1 fully saturated rings. The number of ether oxygens (including phenoxy) is 5. The SMILES string of the molecule is CCOc1nc(=O)n([C@H]2C[C@H](OP(OCCc3ccc([N+](=O)[O-])cc3)N(C(C)C)C(C)C)[C@@H](COC(c3ccccc3)(c3ccc(OC)cc3)c3ccc(OC)cc3)O2)cc1C. The molecule has 4 aromatic carbocycles. The van der Waals surface area contributed by atoms with Gasteiger partial charge >= 0.3 is 5.69 Å². The highest BCUT2D eigenvalue weighted by Crippen LogP contribution is 2.51. The second-order valence-electron chi connectivity index (χ2n) is 15.5. The molecule has 1 unspecified atom stereocenters. The molecular weight excluding hydrogens is 812 g/mol. The number of nitro benzene ring substituents is 1. The summed E-state index contributed by atoms with van der Waals surface area (Å²) in [5.74, 6) is 1.68. The highest BCUT2D eigenvalue weighted by atomic mass is 31.2. The normalized spacial score (nSPS) is 17.1. The summed E-state index contributed by atoms with van der Waals surface area (Å²) in [5.41, 5.74) is 2.56. The average molecular weight is 869 g/mol. The van der Waals surface area contributed by atoms with E-state index in [0.29, 0.717) is 43.1 Å². The second kappa shape index (κ2) is 21.2. The number of nitrogens with zero attached hydrogens (tertiary/aromatic N) is 4. The van der Waals surface area contributed by atoms with Gasteiger partial charge in [0.1, 0.15) is 29.4 Å². The Kier molecular flexibility index (Phi) is 15.9. The molecule has 0 amide bonds. The van der Waals surface area contributed by atoms with Gasteiger partial charge < -0.3 is 32.7 Å². The Morgan fingerprint density at radius 1 is 0.887 bits per heavy atom. The van der Waals surface area contributed by atoms with Crippen molar-refractivity contribution in [2.24, 2.45) is 0 Å². The van der Waals surface area contributed by atoms with Crippen LogP contribution in [0.3, 0.4) is 0 Å². The summed E-state index contributed by atoms with van der Waals surface area (Å²) >= 11 is 0. The first-order chi connectivity index (χ1) is 29.9. The maximum absolute atomic E-state index is 13.6. The Labute approximate surface area is 364 Å². The molecule has 6 rings (SSSR count). The van der Waals surface area contributed by atoms with E-state index in [-0.39, 0.29) is 30.3 Å². The molecule has 0 bridgehead atoms. The van der Waals surface area contributed by atoms with E-state index in [1.54, 1.807) is 32.5 Å². The fourth-order valence-corrected chi connectivity index (χ4v) is 9.48. The Morgan fingerprint density at radius 2 is 1.47 bits per heavy atom. The number of methoxy groups -OCH3 is 2. The first-order valence-corrected chi connectivity index (χ1v) is 22.0. The van der Waals surface area contributed by atoms with Crippen molar-refractivity contribution in [3.05, 3.63) is 158 Å². The third-order valence-electron chi connectivity index (χ3n) is 10.7. The van der Waals surface area contributed by atoms with Crippen molar-refractivity contribution < 1.29 is 37.7 Å². The molecule has 4 atom stereocenters. The van der Waals surface area contributed by atoms with Crippen molar-refractivity contribution in [2.45, 2.75) is 90.5 Å². The maximum Gasteiger partial charge on any atom is 0.352 e. The third-order valence-corrected chi connectivity index (χ3v) is 12.9. The zero-order valence-corrected chi connectivity index (χ0v) is 37.5. The van der Waals surface area contributed by atoms with Gasteiger partial charge in [-0.1, -0.05) is 66.7 Å². The number of nitro groups is 1. The predicted octanol–water partition coefficient (Wildman–Crippen LogP) is 9.16. The Hall–Kier alpha value is -5.21. The van der Waals surface area contributed by atoms with Gasteiger partial charge in [0.05, 0.1) is 45.1 Å². The predicted molar refractivity (Wildman–Crippen MR) is 238 cm³/mol. The summed E-state index contributed by atoms with van der Waals surface area (Å²) < 4.78 is 48.4. The van der Waals surface area contributed by atoms with Crippen LogP contribution in [0.5, 0.6) is 17.4 Å². The van der Waals surface area contributed by atoms with Gasteiger partial charge in [0, 0.05) is 42.4 Å². The quantitative estimate of drug-likeness (QED) is 0.0300. The Balaban J connectivity index is 1.40. The van der Waals surface area contributed by atoms with Gasteiger partial charge in [-0.05, 0) is 94.5 Å². The van der Waals surface area contributed by atoms with Crippen LogP contribution < -0.4 is 19.9 Å². The highest BCUT2D eigenvalue weighted by molar-refractivity contribution is 7.44. The first kappa shape index (κ1) is 46.3. The van der Waals surface area contributed by atoms with E-state index in [1.807, 2.05) is 92.7 Å². The number of aromatic nitrogens is 2. The molecule has 14 nitrogen and oxygen atoms in total. The van der Waals surface area contributed by atoms with Crippen molar-refractivity contribution >= 4 is 14.2 Å². The topological polar surface area (TPSA) is 146 Å². The van der Waals surface area contributed by atoms with Crippen LogP contribution in [0.1, 0.15) is 75.1 Å². The maximum atomic E-state index is 13.6. The lowest BCUT2D eigenvalue weighted by atomic mass is 9.80. The summed E-state index contributed by atoms with van der Waals surface area (Å²) in [4.78, 5) is 28.7. The van der Waals surface area contributed by atoms with Crippen LogP contribution in [0.25, 0.3) is 0 Å². The van der Waals surface area contributed by atoms with E-state index in [0.717, 1.165) is 22.3 Å². The molecule has 62 heavy (non-hydrogen) atoms. The fraction of sp³-hybridized carbons (Fsp3) is 0.404. The number of rotatable bonds is 21. The van der Waals surface area contributed by atoms with Crippen LogP contribution in [-0.4, -0.2) is 77.5 Å². The molecule has 1 saturated heterocycles. The zero-order valence-electron chi connectivity index (χ0n) is 36.6. The molecule has 2 heterocycles. The minimum Gasteiger partial charge on any atom is -0.497 e. The molecule has 15 heteroatoms. The summed E-state index contributed by atoms with van der Waals surface area (Å²) in [5, 5.41) is 11.3. The smallest absolute Gasteiger partial charge is 0.352 e. The number of non-ortho nitro benzene ring substituents is 1. The lowest BCUT2D eigenvalue weighted by Gasteiger charge is -2.39. The van der Waals surface area contributed by atoms with E-state index >= 15 is 0 Å². The minimum absolute atomic E-state index is 0.0300. The molecule has 0 aliphatic carbocycles. The van der Waals surface area contributed by atoms with Crippen LogP contribution in [-0.2, 0) is 30.5 Å². The lowest BCUT2D eigenvalue weighted by Crippen LogP contribution is -2.39. The molecular formula is C47H57N4O10P. The van der Waals surface area contributed by atoms with Gasteiger partial charge in [0.2, 0.25) is 5.88 Å². The van der Waals surface area contributed by atoms with Crippen LogP contribution in [0.4, 0.5) is 5.69 Å². The summed E-state index contributed by atoms with van der Waals surface area (Å²) in [7, 11) is 1.56. The van der Waals surface area contributed by atoms with Gasteiger partial charge in [-0.15, -0.1) is 0 Å². The van der Waals surface area contributed by atoms with E-state index in [9.17, 15) is 14.9 Å². The minimum atomic E-state index is -1.71. The summed E-state index contributed by atoms with van der Waals surface area (Å²) in [6.07, 6.45) is 0.468. The molecule has 0 N–H and O–H groups in total. The van der Waals surface area contributed by atoms with Crippen molar-refractivity contribution in [1.82, 2.24) is 14.2 Å². The Morgan fingerprint density at radius 3 is 2.00 bits per heavy atom. The molecule has 330 valence electrons. The Bertz CT molecular complexity index is 2200. The third kappa shape index (κ3) is 10.7. The second-order valence-corrected chi connectivity index (χ2v) is 16.9. The van der Waals surface area contributed by atoms with Crippen molar-refractivity contribution in [2.75, 3.05) is 34.0 Å². The molecule has 1 aromatic heterocycles. The number of hydrogen-bond donors (Lipinski definition) is 0. The zero-order chi connectivity index (χ0) is 44.4. The van der Waals surface area contributed by atoms with Crippen LogP contribution >= 0.6 is 8.53 Å². The monoisotopic (exact) mass is 868 g/mol. The van der Waals surface area contributed by atoms with Gasteiger partial charge in [-0.2, -0.15) is 4.98 Å². The van der Waals surface area contributed by atoms with Crippen LogP contribution in [0.15, 0.2) is 114 Å². The van der Waals surface area contributed by atoms with Crippen LogP contribution in [0, 0.1) is 17.0 Å². The van der Waals surface area contributed by atoms with E-state index < -0.39 is 43.2 Å². The van der Waals surface area contributed by atoms with Gasteiger partial charge in [0.25, 0.3) is 14.2 Å². The standard InChI is InChI=1S/C47H57N4O10P/c1-9-57-45-34(6)30-49(46(52)48-45)44-29-42(61-62(50(32(2)3)33(4)5)59-28-27-35-15-21-39(22-16-35)51(53)54)43(60-44)31-58-47(36-13-11-10-12-14-36,37-17-23-40(55-7)24-18-37)38-19-25-41(56-8)26-20-38/h10-26,30,32-33,42-44H,9,27-29,31H2,1-8H3/t42-,43+,44+,62?/m0/s1. The largest absolute Gasteiger partial charge is 0.497 e. The average Bonchev–Trinajstić information content (AvgIpc) is 3.67. The lowest BCUT2D eigenvalue weighted by molar-refractivity contribution is -0.384. The van der Waals surface area contributed by atoms with Crippen molar-refractivity contribution in [3.63, 3.8) is 0 Å². The van der Waals surface area contributed by atoms with Gasteiger partial charge in [-0.3, -0.25) is 14.7 Å². The molecule has 5 aromatic rings. The molecule has 1 aliphatic heterocycles. The highest BCUT2D eigenvalue weighted by Gasteiger charge is 2.45. The summed E-state index contributed by atoms with van der Waals surface area (Å²) in [6.45, 7) is 12.8. The van der Waals surface area contributed by atoms with Gasteiger partial charge in [-0.25, -0.2) is 9.46 Å². The van der Waals surface area contributed by atoms with E-state index in [2.05, 4.69) is 37.3 Å².